The molecule has 0 spiro atoms. The number of carbonyl (C=O) groups excluding carboxylic acids is 1. The first kappa shape index (κ1) is 16.1. The van der Waals surface area contributed by atoms with Gasteiger partial charge in [-0.05, 0) is 42.8 Å². The second kappa shape index (κ2) is 7.22. The van der Waals surface area contributed by atoms with E-state index in [0.29, 0.717) is 11.0 Å². The highest BCUT2D eigenvalue weighted by atomic mass is 32.2. The molecule has 0 aliphatic heterocycles. The summed E-state index contributed by atoms with van der Waals surface area (Å²) in [5.74, 6) is 1.52. The van der Waals surface area contributed by atoms with E-state index in [1.807, 2.05) is 13.0 Å². The molecule has 1 amide bonds. The van der Waals surface area contributed by atoms with E-state index in [4.69, 9.17) is 13.6 Å². The topological polar surface area (TPSA) is 90.4 Å². The quantitative estimate of drug-likeness (QED) is 0.685. The van der Waals surface area contributed by atoms with Crippen molar-refractivity contribution >= 4 is 23.4 Å². The molecule has 0 aliphatic carbocycles. The largest absolute Gasteiger partial charge is 0.497 e. The lowest BCUT2D eigenvalue weighted by molar-refractivity contribution is -0.113. The summed E-state index contributed by atoms with van der Waals surface area (Å²) in [6.07, 6.45) is 1.52. The molecule has 124 valence electrons. The van der Waals surface area contributed by atoms with Crippen LogP contribution >= 0.6 is 11.8 Å². The van der Waals surface area contributed by atoms with Gasteiger partial charge in [-0.2, -0.15) is 0 Å². The summed E-state index contributed by atoms with van der Waals surface area (Å²) >= 11 is 1.16. The van der Waals surface area contributed by atoms with Crippen LogP contribution in [-0.4, -0.2) is 29.0 Å². The van der Waals surface area contributed by atoms with Crippen LogP contribution in [-0.2, 0) is 4.79 Å². The maximum atomic E-state index is 12.1. The SMILES string of the molecule is COc1ccc(NC(=O)CSc2nnc(-c3ccco3)o2)c(C)c1. The number of aryl methyl sites for hydroxylation is 1. The maximum Gasteiger partial charge on any atom is 0.284 e. The van der Waals surface area contributed by atoms with Crippen LogP contribution < -0.4 is 10.1 Å². The Morgan fingerprint density at radius 3 is 2.92 bits per heavy atom. The van der Waals surface area contributed by atoms with Crippen molar-refractivity contribution in [1.29, 1.82) is 0 Å². The van der Waals surface area contributed by atoms with Gasteiger partial charge >= 0.3 is 0 Å². The van der Waals surface area contributed by atoms with Gasteiger partial charge in [-0.25, -0.2) is 0 Å². The normalized spacial score (nSPS) is 10.6. The summed E-state index contributed by atoms with van der Waals surface area (Å²) in [6, 6.07) is 8.91. The zero-order chi connectivity index (χ0) is 16.9. The highest BCUT2D eigenvalue weighted by molar-refractivity contribution is 7.99. The predicted octanol–water partition coefficient (Wildman–Crippen LogP) is 3.38. The Hall–Kier alpha value is -2.74. The van der Waals surface area contributed by atoms with Gasteiger partial charge < -0.3 is 18.9 Å². The standard InChI is InChI=1S/C16H15N3O4S/c1-10-8-11(21-2)5-6-12(10)17-14(20)9-24-16-19-18-15(23-16)13-4-3-7-22-13/h3-8H,9H2,1-2H3,(H,17,20). The third-order valence-corrected chi connectivity index (χ3v) is 3.99. The number of anilines is 1. The van der Waals surface area contributed by atoms with E-state index in [1.165, 1.54) is 6.26 Å². The van der Waals surface area contributed by atoms with Crippen molar-refractivity contribution in [3.8, 4) is 17.4 Å². The van der Waals surface area contributed by atoms with Crippen molar-refractivity contribution < 1.29 is 18.4 Å². The zero-order valence-corrected chi connectivity index (χ0v) is 13.9. The minimum Gasteiger partial charge on any atom is -0.497 e. The molecule has 24 heavy (non-hydrogen) atoms. The number of ether oxygens (including phenoxy) is 1. The number of carbonyl (C=O) groups is 1. The van der Waals surface area contributed by atoms with Gasteiger partial charge in [0.15, 0.2) is 5.76 Å². The van der Waals surface area contributed by atoms with E-state index in [-0.39, 0.29) is 17.6 Å². The van der Waals surface area contributed by atoms with Crippen LogP contribution in [0, 0.1) is 6.92 Å². The minimum atomic E-state index is -0.161. The van der Waals surface area contributed by atoms with Crippen LogP contribution in [0.4, 0.5) is 5.69 Å². The zero-order valence-electron chi connectivity index (χ0n) is 13.1. The number of amides is 1. The molecule has 0 saturated carbocycles. The Morgan fingerprint density at radius 1 is 1.33 bits per heavy atom. The minimum absolute atomic E-state index is 0.158. The number of nitrogens with zero attached hydrogens (tertiary/aromatic N) is 2. The Kier molecular flexibility index (Phi) is 4.85. The van der Waals surface area contributed by atoms with E-state index in [1.54, 1.807) is 31.4 Å². The van der Waals surface area contributed by atoms with Crippen LogP contribution in [0.2, 0.25) is 0 Å². The lowest BCUT2D eigenvalue weighted by Crippen LogP contribution is -2.14. The predicted molar refractivity (Wildman–Crippen MR) is 89.1 cm³/mol. The van der Waals surface area contributed by atoms with Gasteiger partial charge in [0.05, 0.1) is 19.1 Å². The molecule has 1 N–H and O–H groups in total. The number of methoxy groups -OCH3 is 1. The van der Waals surface area contributed by atoms with Crippen molar-refractivity contribution in [2.45, 2.75) is 12.1 Å². The molecule has 1 aromatic carbocycles. The highest BCUT2D eigenvalue weighted by Crippen LogP contribution is 2.24. The van der Waals surface area contributed by atoms with Crippen LogP contribution in [0.25, 0.3) is 11.7 Å². The molecule has 0 bridgehead atoms. The summed E-state index contributed by atoms with van der Waals surface area (Å²) in [6.45, 7) is 1.90. The maximum absolute atomic E-state index is 12.1. The molecule has 8 heteroatoms. The van der Waals surface area contributed by atoms with Gasteiger partial charge in [-0.15, -0.1) is 10.2 Å². The second-order valence-corrected chi connectivity index (χ2v) is 5.79. The fourth-order valence-corrected chi connectivity index (χ4v) is 2.55. The number of furan rings is 1. The van der Waals surface area contributed by atoms with Crippen molar-refractivity contribution in [1.82, 2.24) is 10.2 Å². The molecule has 7 nitrogen and oxygen atoms in total. The monoisotopic (exact) mass is 345 g/mol. The summed E-state index contributed by atoms with van der Waals surface area (Å²) in [4.78, 5) is 12.1. The number of hydrogen-bond acceptors (Lipinski definition) is 7. The fourth-order valence-electron chi connectivity index (χ4n) is 1.98. The molecule has 0 unspecified atom stereocenters. The number of aromatic nitrogens is 2. The summed E-state index contributed by atoms with van der Waals surface area (Å²) < 4.78 is 15.7. The van der Waals surface area contributed by atoms with Crippen LogP contribution in [0.3, 0.4) is 0 Å². The average Bonchev–Trinajstić information content (AvgIpc) is 3.26. The molecular formula is C16H15N3O4S. The molecular weight excluding hydrogens is 330 g/mol. The Morgan fingerprint density at radius 2 is 2.21 bits per heavy atom. The number of thioether (sulfide) groups is 1. The van der Waals surface area contributed by atoms with E-state index in [0.717, 1.165) is 28.8 Å². The Labute approximate surface area is 142 Å². The van der Waals surface area contributed by atoms with Crippen molar-refractivity contribution in [3.63, 3.8) is 0 Å². The summed E-state index contributed by atoms with van der Waals surface area (Å²) in [7, 11) is 1.60. The summed E-state index contributed by atoms with van der Waals surface area (Å²) in [5.41, 5.74) is 1.66. The van der Waals surface area contributed by atoms with Crippen LogP contribution in [0.15, 0.2) is 50.7 Å². The van der Waals surface area contributed by atoms with E-state index < -0.39 is 0 Å². The van der Waals surface area contributed by atoms with Gasteiger partial charge in [-0.3, -0.25) is 4.79 Å². The molecule has 3 rings (SSSR count). The van der Waals surface area contributed by atoms with Crippen molar-refractivity contribution in [2.24, 2.45) is 0 Å². The number of benzene rings is 1. The third-order valence-electron chi connectivity index (χ3n) is 3.17. The Balaban J connectivity index is 1.56. The molecule has 0 radical (unpaired) electrons. The number of nitrogens with one attached hydrogen (secondary N) is 1. The molecule has 0 atom stereocenters. The van der Waals surface area contributed by atoms with Gasteiger partial charge in [-0.1, -0.05) is 11.8 Å². The molecule has 0 saturated heterocycles. The third kappa shape index (κ3) is 3.77. The van der Waals surface area contributed by atoms with E-state index in [9.17, 15) is 4.79 Å². The van der Waals surface area contributed by atoms with Gasteiger partial charge in [0.25, 0.3) is 11.1 Å². The van der Waals surface area contributed by atoms with E-state index >= 15 is 0 Å². The molecule has 0 aliphatic rings. The lowest BCUT2D eigenvalue weighted by Gasteiger charge is -2.09. The fraction of sp³-hybridized carbons (Fsp3) is 0.188. The first-order chi connectivity index (χ1) is 11.7. The molecule has 2 aromatic heterocycles. The van der Waals surface area contributed by atoms with Crippen LogP contribution in [0.1, 0.15) is 5.56 Å². The number of rotatable bonds is 6. The summed E-state index contributed by atoms with van der Waals surface area (Å²) in [5, 5.41) is 10.9. The van der Waals surface area contributed by atoms with Gasteiger partial charge in [0.2, 0.25) is 5.91 Å². The van der Waals surface area contributed by atoms with E-state index in [2.05, 4.69) is 15.5 Å². The van der Waals surface area contributed by atoms with Crippen molar-refractivity contribution in [2.75, 3.05) is 18.2 Å². The molecule has 3 aromatic rings. The first-order valence-electron chi connectivity index (χ1n) is 7.10. The van der Waals surface area contributed by atoms with Crippen molar-refractivity contribution in [3.05, 3.63) is 42.2 Å². The Bertz CT molecular complexity index is 830. The van der Waals surface area contributed by atoms with Crippen LogP contribution in [0.5, 0.6) is 5.75 Å². The average molecular weight is 345 g/mol. The highest BCUT2D eigenvalue weighted by Gasteiger charge is 2.13. The second-order valence-electron chi connectivity index (χ2n) is 4.87. The number of hydrogen-bond donors (Lipinski definition) is 1. The van der Waals surface area contributed by atoms with Gasteiger partial charge in [0.1, 0.15) is 5.75 Å². The smallest absolute Gasteiger partial charge is 0.284 e. The lowest BCUT2D eigenvalue weighted by atomic mass is 10.2. The molecule has 2 heterocycles. The first-order valence-corrected chi connectivity index (χ1v) is 8.09. The molecule has 0 fully saturated rings. The van der Waals surface area contributed by atoms with Gasteiger partial charge in [0, 0.05) is 5.69 Å².